The van der Waals surface area contributed by atoms with Gasteiger partial charge in [0, 0.05) is 36.3 Å². The number of carbonyl (C=O) groups excluding carboxylic acids is 2. The van der Waals surface area contributed by atoms with E-state index < -0.39 is 0 Å². The van der Waals surface area contributed by atoms with Crippen LogP contribution in [-0.4, -0.2) is 43.8 Å². The van der Waals surface area contributed by atoms with Gasteiger partial charge in [0.1, 0.15) is 17.8 Å². The molecule has 3 N–H and O–H groups in total. The Morgan fingerprint density at radius 2 is 1.97 bits per heavy atom. The number of anilines is 2. The molecule has 2 aliphatic rings. The fraction of sp³-hybridized carbons (Fsp3) is 0.333. The maximum Gasteiger partial charge on any atom is 0.250 e. The van der Waals surface area contributed by atoms with Gasteiger partial charge in [-0.25, -0.2) is 9.97 Å². The molecule has 2 atom stereocenters. The molecule has 1 fully saturated rings. The lowest BCUT2D eigenvalue weighted by Crippen LogP contribution is -2.39. The Morgan fingerprint density at radius 1 is 1.21 bits per heavy atom. The molecule has 3 aromatic rings. The van der Waals surface area contributed by atoms with E-state index in [2.05, 4.69) is 33.9 Å². The molecule has 0 spiro atoms. The maximum absolute atomic E-state index is 13.2. The van der Waals surface area contributed by atoms with Crippen LogP contribution in [0.25, 0.3) is 27.9 Å². The Bertz CT molecular complexity index is 1510. The summed E-state index contributed by atoms with van der Waals surface area (Å²) in [6, 6.07) is 7.59. The van der Waals surface area contributed by atoms with Gasteiger partial charge in [-0.15, -0.1) is 6.42 Å². The average molecular weight is 509 g/mol. The lowest BCUT2D eigenvalue weighted by molar-refractivity contribution is -0.135. The first-order valence-electron chi connectivity index (χ1n) is 12.9. The van der Waals surface area contributed by atoms with Gasteiger partial charge in [-0.3, -0.25) is 9.59 Å². The van der Waals surface area contributed by atoms with Gasteiger partial charge >= 0.3 is 0 Å². The van der Waals surface area contributed by atoms with Gasteiger partial charge in [0.05, 0.1) is 17.1 Å². The van der Waals surface area contributed by atoms with Gasteiger partial charge in [-0.05, 0) is 62.3 Å². The van der Waals surface area contributed by atoms with Gasteiger partial charge in [0.25, 0.3) is 5.91 Å². The Morgan fingerprint density at radius 3 is 2.63 bits per heavy atom. The molecule has 0 saturated carbocycles. The van der Waals surface area contributed by atoms with Crippen molar-refractivity contribution in [2.24, 2.45) is 13.0 Å². The maximum atomic E-state index is 13.2. The number of nitrogen functional groups attached to an aromatic ring is 1. The Labute approximate surface area is 222 Å². The summed E-state index contributed by atoms with van der Waals surface area (Å²) in [5.74, 6) is 3.07. The third kappa shape index (κ3) is 4.45. The van der Waals surface area contributed by atoms with Gasteiger partial charge < -0.3 is 20.5 Å². The number of fused-ring (bicyclic) bond motifs is 1. The number of nitrogens with zero attached hydrogens (tertiary/aromatic N) is 4. The number of allylic oxidation sites excluding steroid dienone is 2. The number of nitrogens with one attached hydrogen (secondary N) is 1. The van der Waals surface area contributed by atoms with E-state index in [1.54, 1.807) is 6.92 Å². The molecule has 0 unspecified atom stereocenters. The topological polar surface area (TPSA) is 106 Å². The van der Waals surface area contributed by atoms with E-state index in [1.807, 2.05) is 40.8 Å². The smallest absolute Gasteiger partial charge is 0.250 e. The van der Waals surface area contributed by atoms with E-state index in [0.29, 0.717) is 23.5 Å². The number of hydrogen-bond donors (Lipinski definition) is 2. The fourth-order valence-electron chi connectivity index (χ4n) is 5.60. The first-order valence-corrected chi connectivity index (χ1v) is 12.9. The second-order valence-corrected chi connectivity index (χ2v) is 10.1. The van der Waals surface area contributed by atoms with Gasteiger partial charge in [-0.2, -0.15) is 0 Å². The standard InChI is InChI=1S/C30H32N6O2/c1-5-23-7-6-16-36(23)30(38)21-10-8-19(9-11-21)24-25-27(31)32-17-33-28(25)35(4)26(24)20-12-14-22(15-13-20)34-29(37)18(2)3/h1,8,12-15,17,21,23H,2,6-7,9-11,16H2,3-4H3,(H,34,37)(H2,31,32,33)/t21-,23+/m1/s1. The monoisotopic (exact) mass is 508 g/mol. The largest absolute Gasteiger partial charge is 0.383 e. The lowest BCUT2D eigenvalue weighted by atomic mass is 9.84. The van der Waals surface area contributed by atoms with Crippen molar-refractivity contribution < 1.29 is 9.59 Å². The van der Waals surface area contributed by atoms with E-state index >= 15 is 0 Å². The van der Waals surface area contributed by atoms with Crippen molar-refractivity contribution in [1.82, 2.24) is 19.4 Å². The number of carbonyl (C=O) groups is 2. The molecule has 8 heteroatoms. The molecular formula is C30H32N6O2. The van der Waals surface area contributed by atoms with E-state index in [4.69, 9.17) is 12.2 Å². The van der Waals surface area contributed by atoms with E-state index in [9.17, 15) is 9.59 Å². The van der Waals surface area contributed by atoms with Crippen molar-refractivity contribution in [3.05, 3.63) is 54.4 Å². The molecule has 5 rings (SSSR count). The first kappa shape index (κ1) is 25.3. The molecule has 8 nitrogen and oxygen atoms in total. The van der Waals surface area contributed by atoms with Gasteiger partial charge in [0.15, 0.2) is 0 Å². The number of terminal acetylenes is 1. The fourth-order valence-corrected chi connectivity index (χ4v) is 5.60. The predicted octanol–water partition coefficient (Wildman–Crippen LogP) is 4.54. The van der Waals surface area contributed by atoms with Crippen LogP contribution in [0.15, 0.2) is 48.8 Å². The Hall–Kier alpha value is -4.38. The van der Waals surface area contributed by atoms with Crippen molar-refractivity contribution in [1.29, 1.82) is 0 Å². The van der Waals surface area contributed by atoms with Gasteiger partial charge in [0.2, 0.25) is 5.91 Å². The van der Waals surface area contributed by atoms with Crippen molar-refractivity contribution in [2.45, 2.75) is 45.1 Å². The third-order valence-electron chi connectivity index (χ3n) is 7.61. The molecule has 0 bridgehead atoms. The van der Waals surface area contributed by atoms with Crippen molar-refractivity contribution in [3.8, 4) is 23.6 Å². The molecule has 1 aliphatic heterocycles. The normalized spacial score (nSPS) is 19.2. The Balaban J connectivity index is 1.51. The molecule has 1 saturated heterocycles. The van der Waals surface area contributed by atoms with Crippen molar-refractivity contribution in [3.63, 3.8) is 0 Å². The van der Waals surface area contributed by atoms with Crippen LogP contribution in [0.2, 0.25) is 0 Å². The number of benzene rings is 1. The Kier molecular flexibility index (Phi) is 6.77. The number of likely N-dealkylation sites (tertiary alicyclic amines) is 1. The summed E-state index contributed by atoms with van der Waals surface area (Å²) in [6.07, 6.45) is 13.3. The lowest BCUT2D eigenvalue weighted by Gasteiger charge is -2.28. The molecule has 194 valence electrons. The van der Waals surface area contributed by atoms with Crippen LogP contribution >= 0.6 is 0 Å². The van der Waals surface area contributed by atoms with Crippen LogP contribution in [0, 0.1) is 18.3 Å². The van der Waals surface area contributed by atoms with Gasteiger partial charge in [-0.1, -0.05) is 30.7 Å². The van der Waals surface area contributed by atoms with Crippen LogP contribution in [0.5, 0.6) is 0 Å². The third-order valence-corrected chi connectivity index (χ3v) is 7.61. The molecule has 3 heterocycles. The molecule has 2 aromatic heterocycles. The number of rotatable bonds is 5. The van der Waals surface area contributed by atoms with Crippen LogP contribution in [0.1, 0.15) is 44.6 Å². The highest BCUT2D eigenvalue weighted by Gasteiger charge is 2.34. The molecule has 1 aromatic carbocycles. The summed E-state index contributed by atoms with van der Waals surface area (Å²) in [7, 11) is 1.97. The van der Waals surface area contributed by atoms with E-state index in [1.165, 1.54) is 6.33 Å². The minimum Gasteiger partial charge on any atom is -0.383 e. The van der Waals surface area contributed by atoms with Crippen LogP contribution in [-0.2, 0) is 16.6 Å². The molecule has 0 radical (unpaired) electrons. The molecule has 2 amide bonds. The second kappa shape index (κ2) is 10.2. The van der Waals surface area contributed by atoms with E-state index in [0.717, 1.165) is 65.7 Å². The number of hydrogen-bond acceptors (Lipinski definition) is 5. The SMILES string of the molecule is C#C[C@H]1CCCN1C(=O)[C@@H]1CC=C(c2c(-c3ccc(NC(=O)C(=C)C)cc3)n(C)c3ncnc(N)c23)CC1. The number of aryl methyl sites for hydroxylation is 1. The number of amides is 2. The highest BCUT2D eigenvalue weighted by atomic mass is 16.2. The quantitative estimate of drug-likeness (QED) is 0.389. The minimum atomic E-state index is -0.218. The minimum absolute atomic E-state index is 0.0732. The molecule has 1 aliphatic carbocycles. The zero-order valence-corrected chi connectivity index (χ0v) is 21.8. The van der Waals surface area contributed by atoms with Crippen LogP contribution in [0.3, 0.4) is 0 Å². The second-order valence-electron chi connectivity index (χ2n) is 10.1. The summed E-state index contributed by atoms with van der Waals surface area (Å²) in [5.41, 5.74) is 12.3. The zero-order chi connectivity index (χ0) is 27.0. The van der Waals surface area contributed by atoms with Crippen molar-refractivity contribution in [2.75, 3.05) is 17.6 Å². The molecular weight excluding hydrogens is 476 g/mol. The summed E-state index contributed by atoms with van der Waals surface area (Å²) >= 11 is 0. The van der Waals surface area contributed by atoms with Crippen LogP contribution in [0.4, 0.5) is 11.5 Å². The molecule has 38 heavy (non-hydrogen) atoms. The van der Waals surface area contributed by atoms with E-state index in [-0.39, 0.29) is 23.8 Å². The highest BCUT2D eigenvalue weighted by Crippen LogP contribution is 2.43. The summed E-state index contributed by atoms with van der Waals surface area (Å²) in [5, 5.41) is 3.66. The summed E-state index contributed by atoms with van der Waals surface area (Å²) in [6.45, 7) is 6.10. The zero-order valence-electron chi connectivity index (χ0n) is 21.8. The van der Waals surface area contributed by atoms with Crippen LogP contribution < -0.4 is 11.1 Å². The van der Waals surface area contributed by atoms with Crippen molar-refractivity contribution >= 4 is 39.9 Å². The number of nitrogens with two attached hydrogens (primary N) is 1. The average Bonchev–Trinajstić information content (AvgIpc) is 3.52. The first-order chi connectivity index (χ1) is 18.3. The summed E-state index contributed by atoms with van der Waals surface area (Å²) in [4.78, 5) is 36.0. The predicted molar refractivity (Wildman–Crippen MR) is 151 cm³/mol. The highest BCUT2D eigenvalue weighted by molar-refractivity contribution is 6.05. The number of aromatic nitrogens is 3. The summed E-state index contributed by atoms with van der Waals surface area (Å²) < 4.78 is 2.03.